The molecule has 2 atom stereocenters. The van der Waals surface area contributed by atoms with Gasteiger partial charge < -0.3 is 15.3 Å². The Hall–Kier alpha value is -1.62. The van der Waals surface area contributed by atoms with Crippen LogP contribution in [0.2, 0.25) is 0 Å². The number of nitrogens with zero attached hydrogens (tertiary/aromatic N) is 2. The normalized spacial score (nSPS) is 29.9. The van der Waals surface area contributed by atoms with Crippen LogP contribution in [-0.2, 0) is 0 Å². The van der Waals surface area contributed by atoms with Crippen molar-refractivity contribution in [2.24, 2.45) is 0 Å². The Morgan fingerprint density at radius 1 is 1.40 bits per heavy atom. The van der Waals surface area contributed by atoms with Gasteiger partial charge in [-0.25, -0.2) is 9.78 Å². The first-order chi connectivity index (χ1) is 9.65. The zero-order valence-corrected chi connectivity index (χ0v) is 11.7. The van der Waals surface area contributed by atoms with E-state index in [1.807, 2.05) is 0 Å². The number of hydrogen-bond donors (Lipinski definition) is 2. The number of carboxylic acid groups (broad SMARTS) is 1. The Kier molecular flexibility index (Phi) is 3.61. The Morgan fingerprint density at radius 3 is 2.75 bits per heavy atom. The van der Waals surface area contributed by atoms with Gasteiger partial charge in [0.1, 0.15) is 11.4 Å². The molecule has 0 spiro atoms. The number of carbonyl (C=O) groups is 1. The van der Waals surface area contributed by atoms with Crippen molar-refractivity contribution >= 4 is 11.8 Å². The zero-order chi connectivity index (χ0) is 14.1. The molecule has 3 rings (SSSR count). The molecule has 2 fully saturated rings. The van der Waals surface area contributed by atoms with E-state index in [0.29, 0.717) is 23.9 Å². The summed E-state index contributed by atoms with van der Waals surface area (Å²) in [5.41, 5.74) is 0.261. The molecule has 2 aliphatic rings. The summed E-state index contributed by atoms with van der Waals surface area (Å²) >= 11 is 0. The molecule has 1 aromatic rings. The van der Waals surface area contributed by atoms with Gasteiger partial charge in [-0.2, -0.15) is 0 Å². The molecule has 0 aliphatic carbocycles. The number of carboxylic acids is 1. The van der Waals surface area contributed by atoms with Gasteiger partial charge in [0.05, 0.1) is 0 Å². The number of rotatable bonds is 3. The summed E-state index contributed by atoms with van der Waals surface area (Å²) in [5, 5.41) is 12.6. The van der Waals surface area contributed by atoms with Crippen molar-refractivity contribution in [2.75, 3.05) is 12.4 Å². The number of fused-ring (bicyclic) bond motifs is 2. The van der Waals surface area contributed by atoms with E-state index in [1.54, 1.807) is 18.3 Å². The van der Waals surface area contributed by atoms with Crippen molar-refractivity contribution in [3.63, 3.8) is 0 Å². The summed E-state index contributed by atoms with van der Waals surface area (Å²) in [7, 11) is 2.22. The van der Waals surface area contributed by atoms with Crippen molar-refractivity contribution < 1.29 is 9.90 Å². The lowest BCUT2D eigenvalue weighted by Gasteiger charge is -2.47. The fourth-order valence-corrected chi connectivity index (χ4v) is 3.62. The Bertz CT molecular complexity index is 492. The van der Waals surface area contributed by atoms with Crippen LogP contribution in [0.15, 0.2) is 18.3 Å². The van der Waals surface area contributed by atoms with Crippen molar-refractivity contribution in [1.29, 1.82) is 0 Å². The maximum absolute atomic E-state index is 11.2. The first-order valence-electron chi connectivity index (χ1n) is 7.32. The molecule has 0 saturated carbocycles. The van der Waals surface area contributed by atoms with Gasteiger partial charge in [0, 0.05) is 24.3 Å². The molecular formula is C15H21N3O2. The lowest BCUT2D eigenvalue weighted by Crippen LogP contribution is -2.52. The number of hydrogen-bond acceptors (Lipinski definition) is 4. The summed E-state index contributed by atoms with van der Waals surface area (Å²) in [5.74, 6) is -0.415. The predicted octanol–water partition coefficient (Wildman–Crippen LogP) is 2.21. The van der Waals surface area contributed by atoms with Crippen LogP contribution in [0.5, 0.6) is 0 Å². The number of aromatic nitrogens is 1. The Labute approximate surface area is 119 Å². The van der Waals surface area contributed by atoms with Crippen LogP contribution in [0.25, 0.3) is 0 Å². The summed E-state index contributed by atoms with van der Waals surface area (Å²) in [6, 6.07) is 4.84. The van der Waals surface area contributed by atoms with Crippen LogP contribution < -0.4 is 5.32 Å². The second-order valence-electron chi connectivity index (χ2n) is 5.92. The highest BCUT2D eigenvalue weighted by Gasteiger charge is 2.36. The number of aromatic carboxylic acids is 1. The molecule has 20 heavy (non-hydrogen) atoms. The van der Waals surface area contributed by atoms with E-state index >= 15 is 0 Å². The number of anilines is 1. The molecule has 2 N–H and O–H groups in total. The van der Waals surface area contributed by atoms with Gasteiger partial charge in [-0.3, -0.25) is 0 Å². The number of pyridine rings is 1. The van der Waals surface area contributed by atoms with E-state index < -0.39 is 5.97 Å². The summed E-state index contributed by atoms with van der Waals surface area (Å²) in [6.07, 6.45) is 7.60. The van der Waals surface area contributed by atoms with Crippen LogP contribution in [0.4, 0.5) is 5.82 Å². The molecule has 3 heterocycles. The molecule has 2 saturated heterocycles. The van der Waals surface area contributed by atoms with E-state index in [-0.39, 0.29) is 5.56 Å². The minimum atomic E-state index is -0.922. The third-order valence-electron chi connectivity index (χ3n) is 4.72. The summed E-state index contributed by atoms with van der Waals surface area (Å²) in [4.78, 5) is 17.9. The van der Waals surface area contributed by atoms with Gasteiger partial charge in [-0.15, -0.1) is 0 Å². The van der Waals surface area contributed by atoms with Crippen LogP contribution in [0, 0.1) is 0 Å². The fraction of sp³-hybridized carbons (Fsp3) is 0.600. The molecule has 1 aromatic heterocycles. The van der Waals surface area contributed by atoms with Crippen molar-refractivity contribution in [3.05, 3.63) is 23.9 Å². The lowest BCUT2D eigenvalue weighted by atomic mass is 9.82. The molecule has 2 bridgehead atoms. The second-order valence-corrected chi connectivity index (χ2v) is 5.92. The van der Waals surface area contributed by atoms with Crippen molar-refractivity contribution in [3.8, 4) is 0 Å². The van der Waals surface area contributed by atoms with Crippen LogP contribution in [0.1, 0.15) is 42.5 Å². The van der Waals surface area contributed by atoms with Gasteiger partial charge in [0.2, 0.25) is 0 Å². The number of nitrogens with one attached hydrogen (secondary N) is 1. The molecule has 0 amide bonds. The first kappa shape index (κ1) is 13.4. The molecule has 5 heteroatoms. The van der Waals surface area contributed by atoms with E-state index in [9.17, 15) is 9.90 Å². The fourth-order valence-electron chi connectivity index (χ4n) is 3.62. The largest absolute Gasteiger partial charge is 0.478 e. The van der Waals surface area contributed by atoms with Crippen molar-refractivity contribution in [1.82, 2.24) is 9.88 Å². The highest BCUT2D eigenvalue weighted by molar-refractivity contribution is 5.93. The molecule has 2 aliphatic heterocycles. The Balaban J connectivity index is 1.74. The minimum Gasteiger partial charge on any atom is -0.478 e. The topological polar surface area (TPSA) is 65.5 Å². The number of piperidine rings is 2. The van der Waals surface area contributed by atoms with E-state index in [1.165, 1.54) is 19.3 Å². The zero-order valence-electron chi connectivity index (χ0n) is 11.7. The molecular weight excluding hydrogens is 254 g/mol. The first-order valence-corrected chi connectivity index (χ1v) is 7.32. The van der Waals surface area contributed by atoms with E-state index in [2.05, 4.69) is 22.2 Å². The predicted molar refractivity (Wildman–Crippen MR) is 77.0 cm³/mol. The third-order valence-corrected chi connectivity index (χ3v) is 4.72. The second kappa shape index (κ2) is 5.40. The third kappa shape index (κ3) is 2.50. The molecule has 0 aromatic carbocycles. The van der Waals surface area contributed by atoms with Gasteiger partial charge >= 0.3 is 5.97 Å². The molecule has 0 radical (unpaired) electrons. The van der Waals surface area contributed by atoms with Gasteiger partial charge in [0.15, 0.2) is 0 Å². The SMILES string of the molecule is CN1C2CCCC1CC(Nc1ncccc1C(=O)O)C2. The summed E-state index contributed by atoms with van der Waals surface area (Å²) < 4.78 is 0. The average Bonchev–Trinajstić information content (AvgIpc) is 2.40. The van der Waals surface area contributed by atoms with Crippen molar-refractivity contribution in [2.45, 2.75) is 50.2 Å². The lowest BCUT2D eigenvalue weighted by molar-refractivity contribution is 0.0607. The minimum absolute atomic E-state index is 0.261. The smallest absolute Gasteiger partial charge is 0.339 e. The molecule has 5 nitrogen and oxygen atoms in total. The molecule has 108 valence electrons. The van der Waals surface area contributed by atoms with E-state index in [4.69, 9.17) is 0 Å². The van der Waals surface area contributed by atoms with Gasteiger partial charge in [-0.05, 0) is 44.9 Å². The summed E-state index contributed by atoms with van der Waals surface area (Å²) in [6.45, 7) is 0. The van der Waals surface area contributed by atoms with E-state index in [0.717, 1.165) is 12.8 Å². The van der Waals surface area contributed by atoms with Crippen LogP contribution in [0.3, 0.4) is 0 Å². The standard InChI is InChI=1S/C15H21N3O2/c1-18-11-4-2-5-12(18)9-10(8-11)17-14-13(15(19)20)6-3-7-16-14/h3,6-7,10-12H,2,4-5,8-9H2,1H3,(H,16,17)(H,19,20). The Morgan fingerprint density at radius 2 is 2.10 bits per heavy atom. The van der Waals surface area contributed by atoms with Gasteiger partial charge in [0.25, 0.3) is 0 Å². The highest BCUT2D eigenvalue weighted by atomic mass is 16.4. The maximum Gasteiger partial charge on any atom is 0.339 e. The monoisotopic (exact) mass is 275 g/mol. The van der Waals surface area contributed by atoms with Crippen LogP contribution >= 0.6 is 0 Å². The quantitative estimate of drug-likeness (QED) is 0.885. The highest BCUT2D eigenvalue weighted by Crippen LogP contribution is 2.33. The average molecular weight is 275 g/mol. The van der Waals surface area contributed by atoms with Crippen LogP contribution in [-0.4, -0.2) is 46.1 Å². The maximum atomic E-state index is 11.2. The van der Waals surface area contributed by atoms with Gasteiger partial charge in [-0.1, -0.05) is 6.42 Å². The molecule has 2 unspecified atom stereocenters.